The molecule has 0 saturated heterocycles. The van der Waals surface area contributed by atoms with Gasteiger partial charge in [0.05, 0.1) is 16.1 Å². The summed E-state index contributed by atoms with van der Waals surface area (Å²) in [5, 5.41) is 3.47. The first-order chi connectivity index (χ1) is 8.54. The monoisotopic (exact) mass is 377 g/mol. The van der Waals surface area contributed by atoms with Crippen molar-refractivity contribution in [1.82, 2.24) is 5.32 Å². The number of rotatable bonds is 7. The van der Waals surface area contributed by atoms with Crippen LogP contribution in [0.3, 0.4) is 0 Å². The summed E-state index contributed by atoms with van der Waals surface area (Å²) in [6, 6.07) is 4.19. The van der Waals surface area contributed by atoms with E-state index in [1.54, 1.807) is 7.11 Å². The zero-order valence-corrected chi connectivity index (χ0v) is 14.4. The summed E-state index contributed by atoms with van der Waals surface area (Å²) in [6.45, 7) is 6.48. The van der Waals surface area contributed by atoms with Crippen molar-refractivity contribution in [3.63, 3.8) is 0 Å². The van der Waals surface area contributed by atoms with E-state index in [0.29, 0.717) is 0 Å². The molecular formula is C14H21Br2NO. The third-order valence-electron chi connectivity index (χ3n) is 2.73. The standard InChI is InChI=1S/C14H21Br2NO/c1-10(2)5-4-6-17-9-11-7-12(15)14(18-3)13(16)8-11/h7-8,10,17H,4-6,9H2,1-3H3. The van der Waals surface area contributed by atoms with Crippen LogP contribution in [0.4, 0.5) is 0 Å². The van der Waals surface area contributed by atoms with Crippen molar-refractivity contribution in [3.05, 3.63) is 26.6 Å². The number of nitrogens with one attached hydrogen (secondary N) is 1. The molecule has 0 aliphatic heterocycles. The molecule has 0 aliphatic rings. The Hall–Kier alpha value is -0.0600. The normalized spacial score (nSPS) is 11.0. The zero-order chi connectivity index (χ0) is 13.5. The topological polar surface area (TPSA) is 21.3 Å². The van der Waals surface area contributed by atoms with Crippen molar-refractivity contribution in [3.8, 4) is 5.75 Å². The summed E-state index contributed by atoms with van der Waals surface area (Å²) in [7, 11) is 1.68. The number of methoxy groups -OCH3 is 1. The molecule has 0 bridgehead atoms. The second kappa shape index (κ2) is 8.18. The summed E-state index contributed by atoms with van der Waals surface area (Å²) in [4.78, 5) is 0. The van der Waals surface area contributed by atoms with Gasteiger partial charge in [0.15, 0.2) is 0 Å². The van der Waals surface area contributed by atoms with Gasteiger partial charge in [0.2, 0.25) is 0 Å². The van der Waals surface area contributed by atoms with Crippen LogP contribution in [-0.4, -0.2) is 13.7 Å². The van der Waals surface area contributed by atoms with Gasteiger partial charge in [-0.05, 0) is 74.9 Å². The highest BCUT2D eigenvalue weighted by Crippen LogP contribution is 2.34. The maximum absolute atomic E-state index is 5.29. The van der Waals surface area contributed by atoms with Gasteiger partial charge in [0.25, 0.3) is 0 Å². The van der Waals surface area contributed by atoms with E-state index in [-0.39, 0.29) is 0 Å². The van der Waals surface area contributed by atoms with Crippen LogP contribution in [0.1, 0.15) is 32.3 Å². The average Bonchev–Trinajstić information content (AvgIpc) is 2.27. The molecule has 0 unspecified atom stereocenters. The highest BCUT2D eigenvalue weighted by Gasteiger charge is 2.07. The minimum Gasteiger partial charge on any atom is -0.494 e. The van der Waals surface area contributed by atoms with Gasteiger partial charge >= 0.3 is 0 Å². The molecule has 0 aromatic heterocycles. The van der Waals surface area contributed by atoms with Crippen LogP contribution in [0, 0.1) is 5.92 Å². The van der Waals surface area contributed by atoms with Gasteiger partial charge in [-0.2, -0.15) is 0 Å². The lowest BCUT2D eigenvalue weighted by Crippen LogP contribution is -2.15. The third-order valence-corrected chi connectivity index (χ3v) is 3.90. The fourth-order valence-corrected chi connectivity index (χ4v) is 3.38. The minimum absolute atomic E-state index is 0.788. The van der Waals surface area contributed by atoms with Gasteiger partial charge < -0.3 is 10.1 Å². The summed E-state index contributed by atoms with van der Waals surface area (Å²) in [6.07, 6.45) is 2.51. The van der Waals surface area contributed by atoms with Gasteiger partial charge in [-0.15, -0.1) is 0 Å². The Balaban J connectivity index is 2.44. The van der Waals surface area contributed by atoms with E-state index < -0.39 is 0 Å². The maximum atomic E-state index is 5.29. The molecule has 1 rings (SSSR count). The molecule has 1 N–H and O–H groups in total. The predicted molar refractivity (Wildman–Crippen MR) is 84.2 cm³/mol. The fraction of sp³-hybridized carbons (Fsp3) is 0.571. The lowest BCUT2D eigenvalue weighted by atomic mass is 10.1. The fourth-order valence-electron chi connectivity index (χ4n) is 1.78. The Kier molecular flexibility index (Phi) is 7.27. The Labute approximate surface area is 127 Å². The van der Waals surface area contributed by atoms with E-state index in [9.17, 15) is 0 Å². The number of hydrogen-bond acceptors (Lipinski definition) is 2. The lowest BCUT2D eigenvalue weighted by Gasteiger charge is -2.10. The van der Waals surface area contributed by atoms with E-state index in [0.717, 1.165) is 33.7 Å². The molecule has 0 radical (unpaired) electrons. The van der Waals surface area contributed by atoms with Crippen molar-refractivity contribution in [1.29, 1.82) is 0 Å². The van der Waals surface area contributed by atoms with Crippen LogP contribution in [0.15, 0.2) is 21.1 Å². The highest BCUT2D eigenvalue weighted by molar-refractivity contribution is 9.11. The summed E-state index contributed by atoms with van der Waals surface area (Å²) < 4.78 is 7.26. The van der Waals surface area contributed by atoms with Crippen molar-refractivity contribution < 1.29 is 4.74 Å². The van der Waals surface area contributed by atoms with Crippen molar-refractivity contribution in [2.24, 2.45) is 5.92 Å². The average molecular weight is 379 g/mol. The number of hydrogen-bond donors (Lipinski definition) is 1. The van der Waals surface area contributed by atoms with Crippen molar-refractivity contribution in [2.75, 3.05) is 13.7 Å². The van der Waals surface area contributed by atoms with E-state index in [4.69, 9.17) is 4.74 Å². The van der Waals surface area contributed by atoms with Crippen LogP contribution >= 0.6 is 31.9 Å². The van der Waals surface area contributed by atoms with Gasteiger partial charge in [-0.1, -0.05) is 13.8 Å². The molecule has 2 nitrogen and oxygen atoms in total. The molecule has 1 aromatic rings. The highest BCUT2D eigenvalue weighted by atomic mass is 79.9. The van der Waals surface area contributed by atoms with E-state index >= 15 is 0 Å². The Morgan fingerprint density at radius 1 is 1.22 bits per heavy atom. The van der Waals surface area contributed by atoms with Gasteiger partial charge in [0, 0.05) is 6.54 Å². The second-order valence-corrected chi connectivity index (χ2v) is 6.51. The van der Waals surface area contributed by atoms with Crippen LogP contribution < -0.4 is 10.1 Å². The number of ether oxygens (including phenoxy) is 1. The van der Waals surface area contributed by atoms with E-state index in [1.807, 2.05) is 0 Å². The first-order valence-corrected chi connectivity index (χ1v) is 7.85. The molecule has 0 fully saturated rings. The van der Waals surface area contributed by atoms with Gasteiger partial charge in [0.1, 0.15) is 5.75 Å². The van der Waals surface area contributed by atoms with Gasteiger partial charge in [-0.3, -0.25) is 0 Å². The Bertz CT molecular complexity index is 357. The molecule has 0 atom stereocenters. The van der Waals surface area contributed by atoms with Crippen LogP contribution in [-0.2, 0) is 6.54 Å². The molecule has 0 aliphatic carbocycles. The molecular weight excluding hydrogens is 358 g/mol. The predicted octanol–water partition coefficient (Wildman–Crippen LogP) is 4.75. The van der Waals surface area contributed by atoms with E-state index in [2.05, 4.69) is 63.2 Å². The smallest absolute Gasteiger partial charge is 0.147 e. The quantitative estimate of drug-likeness (QED) is 0.691. The number of benzene rings is 1. The first-order valence-electron chi connectivity index (χ1n) is 6.27. The second-order valence-electron chi connectivity index (χ2n) is 4.81. The molecule has 0 saturated carbocycles. The van der Waals surface area contributed by atoms with Crippen LogP contribution in [0.2, 0.25) is 0 Å². The molecule has 0 spiro atoms. The molecule has 0 heterocycles. The molecule has 102 valence electrons. The van der Waals surface area contributed by atoms with E-state index in [1.165, 1.54) is 18.4 Å². The van der Waals surface area contributed by atoms with Crippen molar-refractivity contribution in [2.45, 2.75) is 33.2 Å². The van der Waals surface area contributed by atoms with Crippen LogP contribution in [0.5, 0.6) is 5.75 Å². The molecule has 18 heavy (non-hydrogen) atoms. The SMILES string of the molecule is COc1c(Br)cc(CNCCCC(C)C)cc1Br. The Morgan fingerprint density at radius 3 is 2.33 bits per heavy atom. The minimum atomic E-state index is 0.788. The summed E-state index contributed by atoms with van der Waals surface area (Å²) in [5.74, 6) is 1.63. The van der Waals surface area contributed by atoms with Gasteiger partial charge in [-0.25, -0.2) is 0 Å². The van der Waals surface area contributed by atoms with Crippen molar-refractivity contribution >= 4 is 31.9 Å². The lowest BCUT2D eigenvalue weighted by molar-refractivity contribution is 0.409. The maximum Gasteiger partial charge on any atom is 0.147 e. The summed E-state index contributed by atoms with van der Waals surface area (Å²) in [5.41, 5.74) is 1.25. The largest absolute Gasteiger partial charge is 0.494 e. The Morgan fingerprint density at radius 2 is 1.83 bits per heavy atom. The molecule has 1 aromatic carbocycles. The first kappa shape index (κ1) is 16.0. The summed E-state index contributed by atoms with van der Waals surface area (Å²) >= 11 is 7.03. The zero-order valence-electron chi connectivity index (χ0n) is 11.2. The third kappa shape index (κ3) is 5.29. The number of halogens is 2. The molecule has 4 heteroatoms. The van der Waals surface area contributed by atoms with Crippen LogP contribution in [0.25, 0.3) is 0 Å². The molecule has 0 amide bonds.